The summed E-state index contributed by atoms with van der Waals surface area (Å²) in [5.41, 5.74) is 0. The fraction of sp³-hybridized carbons (Fsp3) is 0.692. The molecular formula is C13H21NOS. The quantitative estimate of drug-likeness (QED) is 0.876. The molecule has 2 atom stereocenters. The predicted octanol–water partition coefficient (Wildman–Crippen LogP) is 2.79. The van der Waals surface area contributed by atoms with Crippen molar-refractivity contribution in [3.05, 3.63) is 21.9 Å². The normalized spacial score (nSPS) is 24.6. The van der Waals surface area contributed by atoms with Crippen LogP contribution >= 0.6 is 11.3 Å². The molecule has 2 unspecified atom stereocenters. The van der Waals surface area contributed by atoms with Gasteiger partial charge in [0, 0.05) is 22.3 Å². The molecule has 0 spiro atoms. The van der Waals surface area contributed by atoms with Crippen LogP contribution in [0.5, 0.6) is 0 Å². The van der Waals surface area contributed by atoms with Gasteiger partial charge in [0.25, 0.3) is 0 Å². The van der Waals surface area contributed by atoms with Gasteiger partial charge in [0.1, 0.15) is 0 Å². The van der Waals surface area contributed by atoms with Gasteiger partial charge < -0.3 is 5.11 Å². The summed E-state index contributed by atoms with van der Waals surface area (Å²) in [5, 5.41) is 9.79. The number of rotatable bonds is 3. The second-order valence-electron chi connectivity index (χ2n) is 4.79. The fourth-order valence-corrected chi connectivity index (χ4v) is 3.45. The Morgan fingerprint density at radius 1 is 1.50 bits per heavy atom. The van der Waals surface area contributed by atoms with Crippen LogP contribution in [0.15, 0.2) is 12.1 Å². The Hall–Kier alpha value is -0.380. The van der Waals surface area contributed by atoms with E-state index in [1.165, 1.54) is 22.6 Å². The summed E-state index contributed by atoms with van der Waals surface area (Å²) < 4.78 is 0. The van der Waals surface area contributed by atoms with Crippen LogP contribution in [0.4, 0.5) is 0 Å². The molecule has 16 heavy (non-hydrogen) atoms. The van der Waals surface area contributed by atoms with Crippen molar-refractivity contribution in [1.29, 1.82) is 0 Å². The van der Waals surface area contributed by atoms with E-state index in [4.69, 9.17) is 0 Å². The topological polar surface area (TPSA) is 23.5 Å². The molecule has 0 radical (unpaired) electrons. The average Bonchev–Trinajstić information content (AvgIpc) is 2.64. The molecule has 90 valence electrons. The first-order valence-electron chi connectivity index (χ1n) is 6.14. The summed E-state index contributed by atoms with van der Waals surface area (Å²) in [6, 6.07) is 4.76. The number of aliphatic hydroxyl groups is 1. The van der Waals surface area contributed by atoms with Gasteiger partial charge in [0.15, 0.2) is 0 Å². The molecular weight excluding hydrogens is 218 g/mol. The van der Waals surface area contributed by atoms with Gasteiger partial charge in [0.05, 0.1) is 6.10 Å². The number of aryl methyl sites for hydroxylation is 1. The maximum absolute atomic E-state index is 9.79. The van der Waals surface area contributed by atoms with Crippen LogP contribution in [-0.2, 0) is 6.54 Å². The summed E-state index contributed by atoms with van der Waals surface area (Å²) in [6.07, 6.45) is 3.46. The van der Waals surface area contributed by atoms with Crippen LogP contribution in [-0.4, -0.2) is 28.7 Å². The Labute approximate surface area is 102 Å². The minimum Gasteiger partial charge on any atom is -0.392 e. The maximum Gasteiger partial charge on any atom is 0.0667 e. The van der Waals surface area contributed by atoms with Crippen LogP contribution in [0.1, 0.15) is 35.9 Å². The van der Waals surface area contributed by atoms with E-state index in [0.29, 0.717) is 6.04 Å². The zero-order valence-corrected chi connectivity index (χ0v) is 11.0. The highest BCUT2D eigenvalue weighted by molar-refractivity contribution is 7.11. The highest BCUT2D eigenvalue weighted by Crippen LogP contribution is 2.24. The van der Waals surface area contributed by atoms with Crippen LogP contribution in [0.25, 0.3) is 0 Å². The lowest BCUT2D eigenvalue weighted by atomic mass is 9.98. The van der Waals surface area contributed by atoms with Crippen molar-refractivity contribution in [2.75, 3.05) is 6.54 Å². The third-order valence-corrected chi connectivity index (χ3v) is 4.36. The first-order valence-corrected chi connectivity index (χ1v) is 6.96. The summed E-state index contributed by atoms with van der Waals surface area (Å²) in [4.78, 5) is 5.24. The molecule has 2 heterocycles. The van der Waals surface area contributed by atoms with Crippen LogP contribution in [0.3, 0.4) is 0 Å². The highest BCUT2D eigenvalue weighted by Gasteiger charge is 2.26. The van der Waals surface area contributed by atoms with Gasteiger partial charge in [-0.1, -0.05) is 6.42 Å². The average molecular weight is 239 g/mol. The van der Waals surface area contributed by atoms with Gasteiger partial charge in [-0.25, -0.2) is 0 Å². The van der Waals surface area contributed by atoms with Crippen molar-refractivity contribution >= 4 is 11.3 Å². The molecule has 1 aromatic rings. The van der Waals surface area contributed by atoms with Gasteiger partial charge in [-0.15, -0.1) is 11.3 Å². The van der Waals surface area contributed by atoms with Crippen molar-refractivity contribution in [2.45, 2.75) is 51.8 Å². The van der Waals surface area contributed by atoms with Gasteiger partial charge in [-0.05, 0) is 45.4 Å². The van der Waals surface area contributed by atoms with E-state index < -0.39 is 0 Å². The van der Waals surface area contributed by atoms with Gasteiger partial charge in [-0.2, -0.15) is 0 Å². The number of aliphatic hydroxyl groups excluding tert-OH is 1. The Bertz CT molecular complexity index is 334. The minimum atomic E-state index is -0.207. The van der Waals surface area contributed by atoms with Gasteiger partial charge >= 0.3 is 0 Å². The molecule has 1 aliphatic rings. The number of thiophene rings is 1. The molecule has 2 rings (SSSR count). The van der Waals surface area contributed by atoms with Crippen LogP contribution in [0.2, 0.25) is 0 Å². The number of likely N-dealkylation sites (tertiary alicyclic amines) is 1. The zero-order chi connectivity index (χ0) is 11.5. The van der Waals surface area contributed by atoms with E-state index in [1.54, 1.807) is 0 Å². The second-order valence-corrected chi connectivity index (χ2v) is 6.16. The summed E-state index contributed by atoms with van der Waals surface area (Å²) in [7, 11) is 0. The molecule has 1 aromatic heterocycles. The molecule has 2 nitrogen and oxygen atoms in total. The monoisotopic (exact) mass is 239 g/mol. The molecule has 0 saturated carbocycles. The zero-order valence-electron chi connectivity index (χ0n) is 10.1. The van der Waals surface area contributed by atoms with E-state index in [1.807, 2.05) is 18.3 Å². The number of piperidine rings is 1. The lowest BCUT2D eigenvalue weighted by Crippen LogP contribution is -2.45. The second kappa shape index (κ2) is 5.30. The molecule has 1 N–H and O–H groups in total. The molecule has 0 bridgehead atoms. The van der Waals surface area contributed by atoms with Crippen LogP contribution < -0.4 is 0 Å². The molecule has 1 aliphatic heterocycles. The van der Waals surface area contributed by atoms with Crippen molar-refractivity contribution in [3.8, 4) is 0 Å². The predicted molar refractivity (Wildman–Crippen MR) is 68.8 cm³/mol. The molecule has 0 amide bonds. The van der Waals surface area contributed by atoms with Crippen LogP contribution in [0, 0.1) is 6.92 Å². The van der Waals surface area contributed by atoms with E-state index in [2.05, 4.69) is 24.0 Å². The van der Waals surface area contributed by atoms with E-state index in [0.717, 1.165) is 19.5 Å². The first-order chi connectivity index (χ1) is 7.66. The lowest BCUT2D eigenvalue weighted by Gasteiger charge is -2.37. The van der Waals surface area contributed by atoms with Crippen molar-refractivity contribution in [3.63, 3.8) is 0 Å². The maximum atomic E-state index is 9.79. The standard InChI is InChI=1S/C13H21NOS/c1-10-6-7-12(16-10)9-14-8-4-3-5-13(14)11(2)15/h6-7,11,13,15H,3-5,8-9H2,1-2H3. The highest BCUT2D eigenvalue weighted by atomic mass is 32.1. The van der Waals surface area contributed by atoms with Gasteiger partial charge in [-0.3, -0.25) is 4.90 Å². The lowest BCUT2D eigenvalue weighted by molar-refractivity contribution is 0.0322. The molecule has 0 aromatic carbocycles. The third-order valence-electron chi connectivity index (χ3n) is 3.38. The minimum absolute atomic E-state index is 0.207. The Kier molecular flexibility index (Phi) is 4.00. The first kappa shape index (κ1) is 12.1. The number of hydrogen-bond donors (Lipinski definition) is 1. The van der Waals surface area contributed by atoms with Crippen molar-refractivity contribution in [2.24, 2.45) is 0 Å². The number of nitrogens with zero attached hydrogens (tertiary/aromatic N) is 1. The Morgan fingerprint density at radius 2 is 2.31 bits per heavy atom. The smallest absolute Gasteiger partial charge is 0.0667 e. The molecule has 0 aliphatic carbocycles. The third kappa shape index (κ3) is 2.84. The largest absolute Gasteiger partial charge is 0.392 e. The number of hydrogen-bond acceptors (Lipinski definition) is 3. The molecule has 1 fully saturated rings. The van der Waals surface area contributed by atoms with E-state index >= 15 is 0 Å². The van der Waals surface area contributed by atoms with E-state index in [-0.39, 0.29) is 6.10 Å². The summed E-state index contributed by atoms with van der Waals surface area (Å²) in [6.45, 7) is 6.21. The Balaban J connectivity index is 2.01. The van der Waals surface area contributed by atoms with E-state index in [9.17, 15) is 5.11 Å². The van der Waals surface area contributed by atoms with Gasteiger partial charge in [0.2, 0.25) is 0 Å². The summed E-state index contributed by atoms with van der Waals surface area (Å²) >= 11 is 1.87. The summed E-state index contributed by atoms with van der Waals surface area (Å²) in [5.74, 6) is 0. The Morgan fingerprint density at radius 3 is 2.94 bits per heavy atom. The van der Waals surface area contributed by atoms with Crippen molar-refractivity contribution in [1.82, 2.24) is 4.90 Å². The SMILES string of the molecule is Cc1ccc(CN2CCCCC2C(C)O)s1. The molecule has 1 saturated heterocycles. The van der Waals surface area contributed by atoms with Crippen molar-refractivity contribution < 1.29 is 5.11 Å². The fourth-order valence-electron chi connectivity index (χ4n) is 2.53. The molecule has 3 heteroatoms.